The maximum absolute atomic E-state index is 6.68. The summed E-state index contributed by atoms with van der Waals surface area (Å²) in [4.78, 5) is 17.5. The number of likely N-dealkylation sites (tertiary alicyclic amines) is 1. The number of aromatic nitrogens is 5. The molecule has 0 aromatic carbocycles. The molecule has 0 bridgehead atoms. The third-order valence-electron chi connectivity index (χ3n) is 10.7. The molecule has 226 valence electrons. The molecule has 3 saturated heterocycles. The molecule has 4 fully saturated rings. The Morgan fingerprint density at radius 2 is 1.81 bits per heavy atom. The molecule has 3 aliphatic heterocycles. The first-order valence-electron chi connectivity index (χ1n) is 16.0. The minimum absolute atomic E-state index is 0.0469. The molecule has 0 unspecified atom stereocenters. The van der Waals surface area contributed by atoms with Crippen molar-refractivity contribution < 1.29 is 23.5 Å². The van der Waals surface area contributed by atoms with Gasteiger partial charge in [-0.3, -0.25) is 4.90 Å². The van der Waals surface area contributed by atoms with Crippen LogP contribution in [0.3, 0.4) is 0 Å². The largest absolute Gasteiger partial charge is 0.471 e. The number of ether oxygens (including phenoxy) is 4. The summed E-state index contributed by atoms with van der Waals surface area (Å²) >= 11 is 0. The van der Waals surface area contributed by atoms with Gasteiger partial charge in [0.1, 0.15) is 11.9 Å². The van der Waals surface area contributed by atoms with Crippen LogP contribution >= 0.6 is 0 Å². The van der Waals surface area contributed by atoms with E-state index in [0.717, 1.165) is 93.7 Å². The zero-order valence-corrected chi connectivity index (χ0v) is 25.1. The summed E-state index contributed by atoms with van der Waals surface area (Å²) in [5, 5.41) is 4.77. The van der Waals surface area contributed by atoms with Gasteiger partial charge >= 0.3 is 0 Å². The minimum atomic E-state index is -0.616. The molecular formula is C31H42N6O5. The maximum Gasteiger partial charge on any atom is 0.246 e. The van der Waals surface area contributed by atoms with Crippen molar-refractivity contribution in [3.8, 4) is 17.5 Å². The quantitative estimate of drug-likeness (QED) is 0.429. The van der Waals surface area contributed by atoms with E-state index < -0.39 is 5.79 Å². The Bertz CT molecular complexity index is 1470. The van der Waals surface area contributed by atoms with Crippen LogP contribution in [0.5, 0.6) is 5.88 Å². The summed E-state index contributed by atoms with van der Waals surface area (Å²) in [7, 11) is 2.17. The van der Waals surface area contributed by atoms with Gasteiger partial charge in [0.2, 0.25) is 17.5 Å². The highest BCUT2D eigenvalue weighted by Gasteiger charge is 2.61. The van der Waals surface area contributed by atoms with Crippen molar-refractivity contribution in [1.29, 1.82) is 0 Å². The van der Waals surface area contributed by atoms with E-state index in [4.69, 9.17) is 43.6 Å². The Labute approximate surface area is 246 Å². The molecule has 8 rings (SSSR count). The summed E-state index contributed by atoms with van der Waals surface area (Å²) in [5.41, 5.74) is 3.22. The molecular weight excluding hydrogens is 536 g/mol. The second kappa shape index (κ2) is 10.2. The Morgan fingerprint density at radius 1 is 0.976 bits per heavy atom. The number of hydrogen-bond donors (Lipinski definition) is 0. The Kier molecular flexibility index (Phi) is 6.58. The van der Waals surface area contributed by atoms with Crippen molar-refractivity contribution in [3.05, 3.63) is 17.1 Å². The highest BCUT2D eigenvalue weighted by Crippen LogP contribution is 2.57. The lowest BCUT2D eigenvalue weighted by Crippen LogP contribution is -2.56. The number of aryl methyl sites for hydroxylation is 1. The molecule has 1 saturated carbocycles. The Morgan fingerprint density at radius 3 is 2.60 bits per heavy atom. The fourth-order valence-corrected chi connectivity index (χ4v) is 8.67. The Hall–Kier alpha value is -2.60. The summed E-state index contributed by atoms with van der Waals surface area (Å²) in [6.45, 7) is 7.89. The monoisotopic (exact) mass is 578 g/mol. The van der Waals surface area contributed by atoms with Crippen LogP contribution in [-0.2, 0) is 26.0 Å². The molecule has 0 N–H and O–H groups in total. The van der Waals surface area contributed by atoms with Crippen molar-refractivity contribution in [2.45, 2.75) is 107 Å². The van der Waals surface area contributed by atoms with Crippen molar-refractivity contribution in [1.82, 2.24) is 29.6 Å². The Balaban J connectivity index is 1.26. The van der Waals surface area contributed by atoms with Crippen LogP contribution in [0.2, 0.25) is 0 Å². The number of rotatable bonds is 5. The summed E-state index contributed by atoms with van der Waals surface area (Å²) in [6, 6.07) is 0.506. The summed E-state index contributed by atoms with van der Waals surface area (Å²) in [6.07, 6.45) is 10.1. The van der Waals surface area contributed by atoms with Gasteiger partial charge in [0, 0.05) is 24.6 Å². The van der Waals surface area contributed by atoms with Crippen LogP contribution in [0.4, 0.5) is 0 Å². The molecule has 0 amide bonds. The molecule has 3 aromatic heterocycles. The molecule has 5 aliphatic rings. The van der Waals surface area contributed by atoms with Crippen LogP contribution in [0.25, 0.3) is 22.7 Å². The molecule has 42 heavy (non-hydrogen) atoms. The second-order valence-electron chi connectivity index (χ2n) is 13.0. The molecule has 2 spiro atoms. The van der Waals surface area contributed by atoms with Crippen molar-refractivity contribution in [2.24, 2.45) is 0 Å². The predicted molar refractivity (Wildman–Crippen MR) is 153 cm³/mol. The third kappa shape index (κ3) is 3.99. The SMILES string of the molecule is Cc1nc2c(O[C@@H](C)[C@@H]3CCCN3C)nc(-c3onc4c3CCC[C@@]43CCCCC34OCCO4)nc2n1[C@@H]1CCOC1. The van der Waals surface area contributed by atoms with Crippen molar-refractivity contribution in [3.63, 3.8) is 0 Å². The van der Waals surface area contributed by atoms with Gasteiger partial charge in [0.25, 0.3) is 0 Å². The zero-order valence-electron chi connectivity index (χ0n) is 25.1. The van der Waals surface area contributed by atoms with Crippen molar-refractivity contribution >= 4 is 11.2 Å². The van der Waals surface area contributed by atoms with E-state index >= 15 is 0 Å². The average molecular weight is 579 g/mol. The van der Waals surface area contributed by atoms with E-state index in [-0.39, 0.29) is 17.6 Å². The number of likely N-dealkylation sites (N-methyl/N-ethyl adjacent to an activating group) is 1. The third-order valence-corrected chi connectivity index (χ3v) is 10.7. The van der Waals surface area contributed by atoms with E-state index in [1.165, 1.54) is 6.42 Å². The van der Waals surface area contributed by atoms with Gasteiger partial charge < -0.3 is 28.0 Å². The lowest BCUT2D eigenvalue weighted by atomic mass is 9.61. The van der Waals surface area contributed by atoms with Gasteiger partial charge in [-0.1, -0.05) is 11.6 Å². The first-order valence-corrected chi connectivity index (χ1v) is 16.0. The van der Waals surface area contributed by atoms with Crippen LogP contribution in [0.1, 0.15) is 87.8 Å². The van der Waals surface area contributed by atoms with Crippen molar-refractivity contribution in [2.75, 3.05) is 40.0 Å². The predicted octanol–water partition coefficient (Wildman–Crippen LogP) is 4.50. The van der Waals surface area contributed by atoms with E-state index in [2.05, 4.69) is 23.4 Å². The molecule has 11 nitrogen and oxygen atoms in total. The van der Waals surface area contributed by atoms with Crippen LogP contribution in [0, 0.1) is 6.92 Å². The highest BCUT2D eigenvalue weighted by atomic mass is 16.7. The maximum atomic E-state index is 6.68. The molecule has 0 radical (unpaired) electrons. The van der Waals surface area contributed by atoms with Gasteiger partial charge in [-0.25, -0.2) is 9.97 Å². The van der Waals surface area contributed by atoms with Crippen LogP contribution < -0.4 is 4.74 Å². The topological polar surface area (TPSA) is 110 Å². The fourth-order valence-electron chi connectivity index (χ4n) is 8.67. The van der Waals surface area contributed by atoms with Gasteiger partial charge in [-0.2, -0.15) is 4.98 Å². The van der Waals surface area contributed by atoms with Gasteiger partial charge in [0.15, 0.2) is 17.0 Å². The normalized spacial score (nSPS) is 30.1. The molecule has 3 aromatic rings. The number of hydrogen-bond acceptors (Lipinski definition) is 10. The van der Waals surface area contributed by atoms with Crippen LogP contribution in [0.15, 0.2) is 4.52 Å². The zero-order chi connectivity index (χ0) is 28.5. The number of nitrogens with zero attached hydrogens (tertiary/aromatic N) is 6. The molecule has 4 atom stereocenters. The fraction of sp³-hybridized carbons (Fsp3) is 0.742. The lowest BCUT2D eigenvalue weighted by Gasteiger charge is -2.50. The minimum Gasteiger partial charge on any atom is -0.471 e. The lowest BCUT2D eigenvalue weighted by molar-refractivity contribution is -0.231. The summed E-state index contributed by atoms with van der Waals surface area (Å²) < 4.78 is 33.7. The smallest absolute Gasteiger partial charge is 0.246 e. The van der Waals surface area contributed by atoms with Crippen LogP contribution in [-0.4, -0.2) is 87.5 Å². The van der Waals surface area contributed by atoms with E-state index in [1.807, 2.05) is 6.92 Å². The van der Waals surface area contributed by atoms with Gasteiger partial charge in [-0.05, 0) is 78.8 Å². The summed E-state index contributed by atoms with van der Waals surface area (Å²) in [5.74, 6) is 1.92. The highest BCUT2D eigenvalue weighted by molar-refractivity contribution is 5.80. The van der Waals surface area contributed by atoms with E-state index in [0.29, 0.717) is 48.8 Å². The van der Waals surface area contributed by atoms with E-state index in [9.17, 15) is 0 Å². The van der Waals surface area contributed by atoms with Gasteiger partial charge in [0.05, 0.1) is 37.0 Å². The van der Waals surface area contributed by atoms with E-state index in [1.54, 1.807) is 0 Å². The molecule has 11 heteroatoms. The molecule has 2 aliphatic carbocycles. The number of fused-ring (bicyclic) bond motifs is 4. The molecule has 6 heterocycles. The van der Waals surface area contributed by atoms with Gasteiger partial charge in [-0.15, -0.1) is 0 Å². The first-order chi connectivity index (χ1) is 20.5. The second-order valence-corrected chi connectivity index (χ2v) is 13.0. The first kappa shape index (κ1) is 27.0. The average Bonchev–Trinajstić information content (AvgIpc) is 3.81. The number of imidazole rings is 1. The standard InChI is InChI=1S/C31H42N6O5/c1-19(23-9-7-14-36(23)3)41-29-24-28(37(20(2)32-24)21-10-15-38-18-21)33-27(34-29)25-22-8-6-12-30(26(22)35-42-25)11-4-5-13-31(30)39-16-17-40-31/h19,21,23H,4-18H2,1-3H3/t19-,21+,23-,30-/m0/s1.